The van der Waals surface area contributed by atoms with Gasteiger partial charge in [-0.25, -0.2) is 4.79 Å². The molecule has 1 N–H and O–H groups in total. The van der Waals surface area contributed by atoms with Crippen LogP contribution in [0.5, 0.6) is 0 Å². The third-order valence-corrected chi connectivity index (χ3v) is 5.69. The van der Waals surface area contributed by atoms with Crippen molar-refractivity contribution >= 4 is 5.97 Å². The van der Waals surface area contributed by atoms with Gasteiger partial charge in [0.25, 0.3) is 0 Å². The van der Waals surface area contributed by atoms with Gasteiger partial charge in [-0.2, -0.15) is 0 Å². The Bertz CT molecular complexity index is 357. The fourth-order valence-corrected chi connectivity index (χ4v) is 3.66. The Balaban J connectivity index is 3.65. The number of aliphatic carboxylic acids is 1. The van der Waals surface area contributed by atoms with Gasteiger partial charge in [0.2, 0.25) is 0 Å². The first-order valence-corrected chi connectivity index (χ1v) is 11.4. The molecule has 0 aliphatic heterocycles. The van der Waals surface area contributed by atoms with Crippen molar-refractivity contribution in [3.05, 3.63) is 11.6 Å². The van der Waals surface area contributed by atoms with Crippen LogP contribution in [0.1, 0.15) is 124 Å². The zero-order valence-corrected chi connectivity index (χ0v) is 18.2. The first-order chi connectivity index (χ1) is 12.5. The lowest BCUT2D eigenvalue weighted by atomic mass is 9.85. The largest absolute Gasteiger partial charge is 0.478 e. The van der Waals surface area contributed by atoms with E-state index in [1.807, 2.05) is 6.08 Å². The molecule has 0 aliphatic rings. The van der Waals surface area contributed by atoms with E-state index in [1.165, 1.54) is 83.5 Å². The van der Waals surface area contributed by atoms with Crippen molar-refractivity contribution in [3.8, 4) is 0 Å². The normalized spacial score (nSPS) is 13.3. The van der Waals surface area contributed by atoms with Gasteiger partial charge >= 0.3 is 5.97 Å². The molecular weight excluding hydrogens is 320 g/mol. The topological polar surface area (TPSA) is 37.3 Å². The van der Waals surface area contributed by atoms with Gasteiger partial charge in [-0.1, -0.05) is 110 Å². The summed E-state index contributed by atoms with van der Waals surface area (Å²) in [7, 11) is 0. The van der Waals surface area contributed by atoms with Crippen LogP contribution >= 0.6 is 0 Å². The van der Waals surface area contributed by atoms with E-state index in [9.17, 15) is 4.79 Å². The zero-order chi connectivity index (χ0) is 19.6. The highest BCUT2D eigenvalue weighted by Crippen LogP contribution is 2.25. The average Bonchev–Trinajstić information content (AvgIpc) is 2.60. The molecule has 0 aliphatic carbocycles. The molecule has 26 heavy (non-hydrogen) atoms. The maximum Gasteiger partial charge on any atom is 0.330 e. The summed E-state index contributed by atoms with van der Waals surface area (Å²) in [4.78, 5) is 10.8. The highest BCUT2D eigenvalue weighted by molar-refractivity contribution is 5.85. The van der Waals surface area contributed by atoms with Gasteiger partial charge in [-0.15, -0.1) is 0 Å². The van der Waals surface area contributed by atoms with Crippen LogP contribution in [0.2, 0.25) is 0 Å². The SMILES string of the molecule is CCCCCCCCCCCCC(CCCCC=C(C)C(=O)O)C(C)C. The molecule has 1 atom stereocenters. The van der Waals surface area contributed by atoms with Gasteiger partial charge in [0.05, 0.1) is 0 Å². The second-order valence-corrected chi connectivity index (χ2v) is 8.45. The molecule has 2 heteroatoms. The van der Waals surface area contributed by atoms with E-state index >= 15 is 0 Å². The predicted octanol–water partition coefficient (Wildman–Crippen LogP) is 8.16. The fraction of sp³-hybridized carbons (Fsp3) is 0.875. The molecule has 0 saturated carbocycles. The summed E-state index contributed by atoms with van der Waals surface area (Å²) < 4.78 is 0. The maximum atomic E-state index is 10.8. The highest BCUT2D eigenvalue weighted by atomic mass is 16.4. The molecule has 0 radical (unpaired) electrons. The van der Waals surface area contributed by atoms with E-state index in [-0.39, 0.29) is 0 Å². The van der Waals surface area contributed by atoms with E-state index in [2.05, 4.69) is 20.8 Å². The van der Waals surface area contributed by atoms with E-state index < -0.39 is 5.97 Å². The van der Waals surface area contributed by atoms with Crippen molar-refractivity contribution in [1.29, 1.82) is 0 Å². The number of carbonyl (C=O) groups is 1. The monoisotopic (exact) mass is 366 g/mol. The smallest absolute Gasteiger partial charge is 0.330 e. The fourth-order valence-electron chi connectivity index (χ4n) is 3.66. The minimum absolute atomic E-state index is 0.482. The summed E-state index contributed by atoms with van der Waals surface area (Å²) in [5, 5.41) is 8.85. The minimum Gasteiger partial charge on any atom is -0.478 e. The van der Waals surface area contributed by atoms with Gasteiger partial charge in [-0.3, -0.25) is 0 Å². The molecular formula is C24H46O2. The second-order valence-electron chi connectivity index (χ2n) is 8.45. The third-order valence-electron chi connectivity index (χ3n) is 5.69. The number of hydrogen-bond acceptors (Lipinski definition) is 1. The van der Waals surface area contributed by atoms with Crippen molar-refractivity contribution in [2.75, 3.05) is 0 Å². The van der Waals surface area contributed by atoms with Gasteiger partial charge in [0.15, 0.2) is 0 Å². The summed E-state index contributed by atoms with van der Waals surface area (Å²) in [6.07, 6.45) is 21.9. The van der Waals surface area contributed by atoms with Crippen LogP contribution in [0.15, 0.2) is 11.6 Å². The molecule has 0 rings (SSSR count). The van der Waals surface area contributed by atoms with Gasteiger partial charge in [0.1, 0.15) is 0 Å². The standard InChI is InChI=1S/C24H46O2/c1-5-6-7-8-9-10-11-12-13-16-19-23(21(2)3)20-17-14-15-18-22(4)24(25)26/h18,21,23H,5-17,19-20H2,1-4H3,(H,25,26). The van der Waals surface area contributed by atoms with E-state index in [0.717, 1.165) is 24.7 Å². The van der Waals surface area contributed by atoms with Crippen LogP contribution in [-0.2, 0) is 4.79 Å². The Morgan fingerprint density at radius 1 is 0.808 bits per heavy atom. The number of hydrogen-bond donors (Lipinski definition) is 1. The van der Waals surface area contributed by atoms with Crippen LogP contribution in [0.4, 0.5) is 0 Å². The van der Waals surface area contributed by atoms with Crippen molar-refractivity contribution < 1.29 is 9.90 Å². The van der Waals surface area contributed by atoms with E-state index in [1.54, 1.807) is 6.92 Å². The molecule has 0 spiro atoms. The lowest BCUT2D eigenvalue weighted by Gasteiger charge is -2.20. The van der Waals surface area contributed by atoms with Crippen LogP contribution in [0.25, 0.3) is 0 Å². The number of rotatable bonds is 18. The summed E-state index contributed by atoms with van der Waals surface area (Å²) in [5.74, 6) is 0.824. The van der Waals surface area contributed by atoms with Crippen molar-refractivity contribution in [2.45, 2.75) is 124 Å². The molecule has 0 saturated heterocycles. The molecule has 1 unspecified atom stereocenters. The summed E-state index contributed by atoms with van der Waals surface area (Å²) >= 11 is 0. The van der Waals surface area contributed by atoms with Crippen molar-refractivity contribution in [1.82, 2.24) is 0 Å². The van der Waals surface area contributed by atoms with E-state index in [0.29, 0.717) is 5.57 Å². The molecule has 0 heterocycles. The van der Waals surface area contributed by atoms with Crippen LogP contribution in [-0.4, -0.2) is 11.1 Å². The van der Waals surface area contributed by atoms with Gasteiger partial charge < -0.3 is 5.11 Å². The second kappa shape index (κ2) is 17.6. The van der Waals surface area contributed by atoms with Crippen LogP contribution in [0, 0.1) is 11.8 Å². The molecule has 0 fully saturated rings. The number of allylic oxidation sites excluding steroid dienone is 1. The zero-order valence-electron chi connectivity index (χ0n) is 18.2. The molecule has 154 valence electrons. The molecule has 0 aromatic heterocycles. The third kappa shape index (κ3) is 15.5. The minimum atomic E-state index is -0.786. The number of unbranched alkanes of at least 4 members (excludes halogenated alkanes) is 11. The highest BCUT2D eigenvalue weighted by Gasteiger charge is 2.12. The number of carboxylic acids is 1. The Morgan fingerprint density at radius 2 is 1.27 bits per heavy atom. The quantitative estimate of drug-likeness (QED) is 0.196. The van der Waals surface area contributed by atoms with Crippen LogP contribution < -0.4 is 0 Å². The lowest BCUT2D eigenvalue weighted by Crippen LogP contribution is -2.08. The summed E-state index contributed by atoms with van der Waals surface area (Å²) in [6, 6.07) is 0. The van der Waals surface area contributed by atoms with Gasteiger partial charge in [-0.05, 0) is 31.6 Å². The Morgan fingerprint density at radius 3 is 1.73 bits per heavy atom. The molecule has 2 nitrogen and oxygen atoms in total. The van der Waals surface area contributed by atoms with Crippen molar-refractivity contribution in [2.24, 2.45) is 11.8 Å². The maximum absolute atomic E-state index is 10.8. The first kappa shape index (κ1) is 25.2. The Labute approximate surface area is 163 Å². The molecule has 0 amide bonds. The Kier molecular flexibility index (Phi) is 17.1. The lowest BCUT2D eigenvalue weighted by molar-refractivity contribution is -0.132. The predicted molar refractivity (Wildman–Crippen MR) is 115 cm³/mol. The van der Waals surface area contributed by atoms with E-state index in [4.69, 9.17) is 5.11 Å². The van der Waals surface area contributed by atoms with Crippen LogP contribution in [0.3, 0.4) is 0 Å². The molecule has 0 aromatic rings. The number of carboxylic acid groups (broad SMARTS) is 1. The summed E-state index contributed by atoms with van der Waals surface area (Å²) in [5.41, 5.74) is 0.482. The molecule has 0 aromatic carbocycles. The average molecular weight is 367 g/mol. The Hall–Kier alpha value is -0.790. The van der Waals surface area contributed by atoms with Gasteiger partial charge in [0, 0.05) is 5.57 Å². The summed E-state index contributed by atoms with van der Waals surface area (Å²) in [6.45, 7) is 8.68. The molecule has 0 bridgehead atoms. The first-order valence-electron chi connectivity index (χ1n) is 11.4. The van der Waals surface area contributed by atoms with Crippen molar-refractivity contribution in [3.63, 3.8) is 0 Å².